The van der Waals surface area contributed by atoms with Crippen molar-refractivity contribution >= 4 is 24.2 Å². The highest BCUT2D eigenvalue weighted by atomic mass is 35.5. The molecule has 1 aliphatic carbocycles. The van der Waals surface area contributed by atoms with Gasteiger partial charge in [0, 0.05) is 31.1 Å². The number of para-hydroxylation sites is 1. The molecule has 1 aliphatic heterocycles. The van der Waals surface area contributed by atoms with Crippen molar-refractivity contribution in [1.29, 1.82) is 0 Å². The van der Waals surface area contributed by atoms with Gasteiger partial charge in [-0.15, -0.1) is 12.4 Å². The molecule has 7 heteroatoms. The van der Waals surface area contributed by atoms with Gasteiger partial charge in [0.05, 0.1) is 13.2 Å². The van der Waals surface area contributed by atoms with Gasteiger partial charge in [-0.3, -0.25) is 9.59 Å². The van der Waals surface area contributed by atoms with Crippen molar-refractivity contribution in [2.24, 2.45) is 11.8 Å². The Hall–Kier alpha value is -2.57. The molecule has 2 aliphatic rings. The number of rotatable bonds is 7. The number of methoxy groups -OCH3 is 1. The molecule has 1 fully saturated rings. The number of halogens is 1. The molecule has 178 valence electrons. The molecule has 2 aromatic rings. The molecular weight excluding hydrogens is 438 g/mol. The lowest BCUT2D eigenvalue weighted by atomic mass is 9.81. The predicted molar refractivity (Wildman–Crippen MR) is 131 cm³/mol. The molecule has 1 unspecified atom stereocenters. The van der Waals surface area contributed by atoms with E-state index >= 15 is 0 Å². The number of hydrogen-bond donors (Lipinski definition) is 3. The Labute approximate surface area is 202 Å². The summed E-state index contributed by atoms with van der Waals surface area (Å²) in [5, 5.41) is 9.55. The minimum absolute atomic E-state index is 0. The zero-order valence-corrected chi connectivity index (χ0v) is 20.0. The third-order valence-electron chi connectivity index (χ3n) is 6.83. The average molecular weight is 472 g/mol. The second kappa shape index (κ2) is 12.1. The Morgan fingerprint density at radius 2 is 1.64 bits per heavy atom. The number of carbonyl (C=O) groups excluding carboxylic acids is 2. The number of fused-ring (bicyclic) bond motifs is 1. The van der Waals surface area contributed by atoms with Crippen LogP contribution in [-0.4, -0.2) is 31.5 Å². The van der Waals surface area contributed by atoms with Gasteiger partial charge in [0.2, 0.25) is 11.8 Å². The maximum atomic E-state index is 12.6. The van der Waals surface area contributed by atoms with Crippen molar-refractivity contribution in [2.75, 3.05) is 13.7 Å². The Kier molecular flexibility index (Phi) is 9.15. The van der Waals surface area contributed by atoms with Gasteiger partial charge in [0.15, 0.2) is 0 Å². The molecule has 6 nitrogen and oxygen atoms in total. The normalized spacial score (nSPS) is 21.8. The zero-order chi connectivity index (χ0) is 22.3. The molecule has 0 spiro atoms. The number of nitrogens with one attached hydrogen (secondary N) is 3. The van der Waals surface area contributed by atoms with E-state index in [1.165, 1.54) is 11.1 Å². The minimum atomic E-state index is -0.165. The van der Waals surface area contributed by atoms with Crippen LogP contribution in [0.1, 0.15) is 42.4 Å². The molecule has 3 N–H and O–H groups in total. The summed E-state index contributed by atoms with van der Waals surface area (Å²) in [5.41, 5.74) is 3.52. The Morgan fingerprint density at radius 3 is 2.39 bits per heavy atom. The number of benzene rings is 2. The van der Waals surface area contributed by atoms with Crippen LogP contribution < -0.4 is 20.7 Å². The lowest BCUT2D eigenvalue weighted by Gasteiger charge is -2.29. The smallest absolute Gasteiger partial charge is 0.237 e. The molecule has 1 atom stereocenters. The second-order valence-corrected chi connectivity index (χ2v) is 8.90. The predicted octanol–water partition coefficient (Wildman–Crippen LogP) is 3.37. The van der Waals surface area contributed by atoms with Gasteiger partial charge in [-0.25, -0.2) is 0 Å². The van der Waals surface area contributed by atoms with Crippen LogP contribution in [0.5, 0.6) is 5.75 Å². The summed E-state index contributed by atoms with van der Waals surface area (Å²) in [5.74, 6) is 1.48. The van der Waals surface area contributed by atoms with Gasteiger partial charge in [0.25, 0.3) is 0 Å². The summed E-state index contributed by atoms with van der Waals surface area (Å²) < 4.78 is 5.35. The van der Waals surface area contributed by atoms with Crippen LogP contribution in [0.3, 0.4) is 0 Å². The van der Waals surface area contributed by atoms with E-state index in [2.05, 4.69) is 28.1 Å². The summed E-state index contributed by atoms with van der Waals surface area (Å²) in [7, 11) is 1.64. The molecular formula is C26H34ClN3O3. The van der Waals surface area contributed by atoms with Crippen LogP contribution in [-0.2, 0) is 29.1 Å². The highest BCUT2D eigenvalue weighted by Crippen LogP contribution is 2.29. The first-order valence-corrected chi connectivity index (χ1v) is 11.6. The lowest BCUT2D eigenvalue weighted by molar-refractivity contribution is -0.127. The summed E-state index contributed by atoms with van der Waals surface area (Å²) >= 11 is 0. The van der Waals surface area contributed by atoms with Crippen LogP contribution in [0.4, 0.5) is 0 Å². The Morgan fingerprint density at radius 1 is 0.939 bits per heavy atom. The molecule has 0 saturated heterocycles. The third kappa shape index (κ3) is 6.49. The quantitative estimate of drug-likeness (QED) is 0.578. The zero-order valence-electron chi connectivity index (χ0n) is 19.1. The van der Waals surface area contributed by atoms with E-state index in [0.29, 0.717) is 19.0 Å². The first-order chi connectivity index (χ1) is 15.6. The first kappa shape index (κ1) is 25.1. The van der Waals surface area contributed by atoms with E-state index in [4.69, 9.17) is 4.74 Å². The fraction of sp³-hybridized carbons (Fsp3) is 0.462. The second-order valence-electron chi connectivity index (χ2n) is 8.90. The Balaban J connectivity index is 0.00000306. The van der Waals surface area contributed by atoms with E-state index in [1.54, 1.807) is 7.11 Å². The molecule has 33 heavy (non-hydrogen) atoms. The summed E-state index contributed by atoms with van der Waals surface area (Å²) in [6, 6.07) is 15.9. The van der Waals surface area contributed by atoms with Gasteiger partial charge in [-0.05, 0) is 55.2 Å². The van der Waals surface area contributed by atoms with Gasteiger partial charge in [-0.1, -0.05) is 42.5 Å². The standard InChI is InChI=1S/C26H33N3O3.ClH/c1-32-24-9-5-4-8-22(24)17-29-25(30)19-12-10-18(11-13-19)15-28-26(31)23-14-20-6-2-3-7-21(20)16-27-23;/h2-9,18-19,23,27H,10-17H2,1H3,(H,28,31)(H,29,30);1H. The molecule has 2 amide bonds. The van der Waals surface area contributed by atoms with Crippen molar-refractivity contribution in [2.45, 2.75) is 51.2 Å². The van der Waals surface area contributed by atoms with E-state index in [9.17, 15) is 9.59 Å². The Bertz CT molecular complexity index is 944. The minimum Gasteiger partial charge on any atom is -0.496 e. The van der Waals surface area contributed by atoms with Crippen molar-refractivity contribution in [3.63, 3.8) is 0 Å². The van der Waals surface area contributed by atoms with Gasteiger partial charge < -0.3 is 20.7 Å². The molecule has 0 radical (unpaired) electrons. The summed E-state index contributed by atoms with van der Waals surface area (Å²) in [6.45, 7) is 1.91. The number of amides is 2. The average Bonchev–Trinajstić information content (AvgIpc) is 2.86. The number of hydrogen-bond acceptors (Lipinski definition) is 4. The molecule has 0 aromatic heterocycles. The maximum Gasteiger partial charge on any atom is 0.237 e. The van der Waals surface area contributed by atoms with Crippen LogP contribution in [0.25, 0.3) is 0 Å². The monoisotopic (exact) mass is 471 g/mol. The molecule has 0 bridgehead atoms. The third-order valence-corrected chi connectivity index (χ3v) is 6.83. The van der Waals surface area contributed by atoms with Crippen molar-refractivity contribution in [3.8, 4) is 5.75 Å². The van der Waals surface area contributed by atoms with Crippen LogP contribution >= 0.6 is 12.4 Å². The van der Waals surface area contributed by atoms with Crippen LogP contribution in [0.15, 0.2) is 48.5 Å². The SMILES string of the molecule is COc1ccccc1CNC(=O)C1CCC(CNC(=O)C2Cc3ccccc3CN2)CC1.Cl. The molecule has 1 heterocycles. The topological polar surface area (TPSA) is 79.5 Å². The van der Waals surface area contributed by atoms with E-state index in [1.807, 2.05) is 36.4 Å². The first-order valence-electron chi connectivity index (χ1n) is 11.6. The summed E-state index contributed by atoms with van der Waals surface area (Å²) in [6.07, 6.45) is 4.41. The van der Waals surface area contributed by atoms with E-state index in [-0.39, 0.29) is 36.2 Å². The van der Waals surface area contributed by atoms with Gasteiger partial charge in [0.1, 0.15) is 5.75 Å². The van der Waals surface area contributed by atoms with Crippen molar-refractivity contribution < 1.29 is 14.3 Å². The van der Waals surface area contributed by atoms with Crippen LogP contribution in [0, 0.1) is 11.8 Å². The van der Waals surface area contributed by atoms with Gasteiger partial charge >= 0.3 is 0 Å². The summed E-state index contributed by atoms with van der Waals surface area (Å²) in [4.78, 5) is 25.3. The lowest BCUT2D eigenvalue weighted by Crippen LogP contribution is -2.48. The highest BCUT2D eigenvalue weighted by molar-refractivity contribution is 5.85. The fourth-order valence-corrected chi connectivity index (χ4v) is 4.81. The molecule has 2 aromatic carbocycles. The van der Waals surface area contributed by atoms with Crippen molar-refractivity contribution in [1.82, 2.24) is 16.0 Å². The van der Waals surface area contributed by atoms with E-state index < -0.39 is 0 Å². The fourth-order valence-electron chi connectivity index (χ4n) is 4.81. The van der Waals surface area contributed by atoms with E-state index in [0.717, 1.165) is 50.0 Å². The number of ether oxygens (including phenoxy) is 1. The van der Waals surface area contributed by atoms with Gasteiger partial charge in [-0.2, -0.15) is 0 Å². The van der Waals surface area contributed by atoms with Crippen molar-refractivity contribution in [3.05, 3.63) is 65.2 Å². The number of carbonyl (C=O) groups is 2. The maximum absolute atomic E-state index is 12.6. The molecule has 1 saturated carbocycles. The molecule has 4 rings (SSSR count). The van der Waals surface area contributed by atoms with Crippen LogP contribution in [0.2, 0.25) is 0 Å². The highest BCUT2D eigenvalue weighted by Gasteiger charge is 2.28. The largest absolute Gasteiger partial charge is 0.496 e.